The molecule has 156 valence electrons. The molecule has 3 aromatic rings. The van der Waals surface area contributed by atoms with Crippen LogP contribution < -0.4 is 16.3 Å². The van der Waals surface area contributed by atoms with Gasteiger partial charge in [0.2, 0.25) is 5.95 Å². The number of aryl methyl sites for hydroxylation is 1. The summed E-state index contributed by atoms with van der Waals surface area (Å²) in [6, 6.07) is 6.83. The number of hydrogen-bond acceptors (Lipinski definition) is 6. The van der Waals surface area contributed by atoms with Crippen LogP contribution in [0.5, 0.6) is 0 Å². The van der Waals surface area contributed by atoms with Crippen LogP contribution in [0, 0.1) is 0 Å². The Morgan fingerprint density at radius 1 is 1.23 bits per heavy atom. The molecule has 1 aromatic carbocycles. The fourth-order valence-electron chi connectivity index (χ4n) is 3.64. The Hall–Kier alpha value is -3.20. The Bertz CT molecular complexity index is 1330. The maximum atomic E-state index is 13.5. The number of fused-ring (bicyclic) bond motifs is 3. The fraction of sp³-hybridized carbons (Fsp3) is 0.350. The normalized spacial score (nSPS) is 16.0. The summed E-state index contributed by atoms with van der Waals surface area (Å²) in [5.74, 6) is 0.269. The van der Waals surface area contributed by atoms with Gasteiger partial charge < -0.3 is 0 Å². The molecular weight excluding hydrogens is 408 g/mol. The predicted octanol–water partition coefficient (Wildman–Crippen LogP) is 1.94. The van der Waals surface area contributed by atoms with Gasteiger partial charge in [-0.1, -0.05) is 29.8 Å². The number of carbonyl (C=O) groups is 1. The van der Waals surface area contributed by atoms with Crippen LogP contribution in [0.3, 0.4) is 0 Å². The topological polar surface area (TPSA) is 94.5 Å². The van der Waals surface area contributed by atoms with Crippen molar-refractivity contribution in [2.75, 3.05) is 11.6 Å². The lowest BCUT2D eigenvalue weighted by Crippen LogP contribution is -2.40. The molecular formula is C20H21ClN6O3. The van der Waals surface area contributed by atoms with E-state index in [0.717, 1.165) is 10.3 Å². The quantitative estimate of drug-likeness (QED) is 0.633. The first-order valence-corrected chi connectivity index (χ1v) is 9.85. The highest BCUT2D eigenvalue weighted by Crippen LogP contribution is 2.29. The number of hydrogen-bond donors (Lipinski definition) is 0. The van der Waals surface area contributed by atoms with E-state index >= 15 is 0 Å². The van der Waals surface area contributed by atoms with E-state index in [1.807, 2.05) is 13.8 Å². The predicted molar refractivity (Wildman–Crippen MR) is 116 cm³/mol. The number of halogens is 1. The number of ketones is 1. The second-order valence-corrected chi connectivity index (χ2v) is 7.86. The van der Waals surface area contributed by atoms with Gasteiger partial charge in [-0.05, 0) is 32.4 Å². The molecule has 0 aliphatic carbocycles. The van der Waals surface area contributed by atoms with E-state index in [-0.39, 0.29) is 36.1 Å². The number of nitrogens with zero attached hydrogens (tertiary/aromatic N) is 6. The highest BCUT2D eigenvalue weighted by atomic mass is 35.5. The molecule has 1 aliphatic heterocycles. The third-order valence-corrected chi connectivity index (χ3v) is 5.69. The van der Waals surface area contributed by atoms with Crippen molar-refractivity contribution in [3.63, 3.8) is 0 Å². The van der Waals surface area contributed by atoms with E-state index in [9.17, 15) is 14.4 Å². The van der Waals surface area contributed by atoms with Crippen LogP contribution in [0.4, 0.5) is 5.95 Å². The summed E-state index contributed by atoms with van der Waals surface area (Å²) in [6.45, 7) is 5.26. The summed E-state index contributed by atoms with van der Waals surface area (Å²) >= 11 is 6.24. The van der Waals surface area contributed by atoms with E-state index in [4.69, 9.17) is 11.6 Å². The van der Waals surface area contributed by atoms with Crippen molar-refractivity contribution in [2.45, 2.75) is 33.4 Å². The number of imidazole rings is 1. The summed E-state index contributed by atoms with van der Waals surface area (Å²) in [6.07, 6.45) is 0. The Morgan fingerprint density at radius 3 is 2.60 bits per heavy atom. The maximum Gasteiger partial charge on any atom is 0.332 e. The van der Waals surface area contributed by atoms with Gasteiger partial charge in [0.15, 0.2) is 16.9 Å². The minimum absolute atomic E-state index is 0.0230. The number of aromatic nitrogens is 4. The van der Waals surface area contributed by atoms with Crippen LogP contribution in [0.2, 0.25) is 5.02 Å². The molecule has 10 heteroatoms. The van der Waals surface area contributed by atoms with Crippen molar-refractivity contribution in [2.24, 2.45) is 12.1 Å². The average Bonchev–Trinajstić information content (AvgIpc) is 3.10. The van der Waals surface area contributed by atoms with E-state index < -0.39 is 11.2 Å². The van der Waals surface area contributed by atoms with Crippen LogP contribution in [0.1, 0.15) is 32.4 Å². The molecule has 0 spiro atoms. The van der Waals surface area contributed by atoms with Gasteiger partial charge in [-0.25, -0.2) is 9.80 Å². The minimum Gasteiger partial charge on any atom is -0.298 e. The highest BCUT2D eigenvalue weighted by Gasteiger charge is 2.31. The molecule has 0 radical (unpaired) electrons. The molecule has 0 saturated carbocycles. The maximum absolute atomic E-state index is 13.5. The minimum atomic E-state index is -0.494. The summed E-state index contributed by atoms with van der Waals surface area (Å²) in [7, 11) is 1.57. The molecule has 0 fully saturated rings. The lowest BCUT2D eigenvalue weighted by molar-refractivity contribution is -0.115. The fourth-order valence-corrected chi connectivity index (χ4v) is 3.83. The van der Waals surface area contributed by atoms with E-state index in [1.54, 1.807) is 35.9 Å². The first-order valence-electron chi connectivity index (χ1n) is 9.48. The van der Waals surface area contributed by atoms with E-state index in [0.29, 0.717) is 16.5 Å². The molecule has 1 atom stereocenters. The largest absolute Gasteiger partial charge is 0.332 e. The summed E-state index contributed by atoms with van der Waals surface area (Å²) < 4.78 is 4.24. The molecule has 9 nitrogen and oxygen atoms in total. The average molecular weight is 429 g/mol. The Kier molecular flexibility index (Phi) is 4.85. The van der Waals surface area contributed by atoms with Crippen molar-refractivity contribution in [1.82, 2.24) is 18.7 Å². The molecule has 1 aliphatic rings. The number of benzene rings is 1. The van der Waals surface area contributed by atoms with Gasteiger partial charge >= 0.3 is 5.69 Å². The third-order valence-electron chi connectivity index (χ3n) is 5.32. The molecule has 30 heavy (non-hydrogen) atoms. The van der Waals surface area contributed by atoms with E-state index in [2.05, 4.69) is 10.1 Å². The molecule has 2 aromatic heterocycles. The van der Waals surface area contributed by atoms with Gasteiger partial charge in [0.05, 0.1) is 18.3 Å². The molecule has 3 heterocycles. The van der Waals surface area contributed by atoms with Crippen molar-refractivity contribution in [3.8, 4) is 0 Å². The van der Waals surface area contributed by atoms with Gasteiger partial charge in [0.1, 0.15) is 6.54 Å². The molecule has 0 bridgehead atoms. The van der Waals surface area contributed by atoms with Crippen LogP contribution >= 0.6 is 11.6 Å². The second-order valence-electron chi connectivity index (χ2n) is 7.46. The molecule has 0 unspecified atom stereocenters. The number of anilines is 1. The van der Waals surface area contributed by atoms with Gasteiger partial charge in [-0.15, -0.1) is 0 Å². The smallest absolute Gasteiger partial charge is 0.298 e. The summed E-state index contributed by atoms with van der Waals surface area (Å²) in [5.41, 5.74) is 0.978. The van der Waals surface area contributed by atoms with Crippen molar-refractivity contribution in [1.29, 1.82) is 0 Å². The lowest BCUT2D eigenvalue weighted by Gasteiger charge is -2.28. The Morgan fingerprint density at radius 2 is 1.93 bits per heavy atom. The van der Waals surface area contributed by atoms with Crippen molar-refractivity contribution < 1.29 is 4.79 Å². The van der Waals surface area contributed by atoms with Crippen molar-refractivity contribution >= 4 is 40.2 Å². The first kappa shape index (κ1) is 20.1. The zero-order valence-electron chi connectivity index (χ0n) is 17.1. The van der Waals surface area contributed by atoms with Crippen molar-refractivity contribution in [3.05, 3.63) is 55.7 Å². The Labute approximate surface area is 176 Å². The van der Waals surface area contributed by atoms with Gasteiger partial charge in [0, 0.05) is 12.1 Å². The standard InChI is InChI=1S/C20H21ClN6O3/c1-11(28)9-26-19-22-17-16(27(19)13(3)12(2)23-26)18(29)25(20(30)24(17)4)10-14-7-5-6-8-15(14)21/h5-8,13H,9-10H2,1-4H3/t13-/m0/s1. The second kappa shape index (κ2) is 7.24. The summed E-state index contributed by atoms with van der Waals surface area (Å²) in [5, 5.41) is 6.41. The summed E-state index contributed by atoms with van der Waals surface area (Å²) in [4.78, 5) is 42.7. The lowest BCUT2D eigenvalue weighted by atomic mass is 10.2. The van der Waals surface area contributed by atoms with Crippen LogP contribution in [-0.4, -0.2) is 36.7 Å². The zero-order chi connectivity index (χ0) is 21.7. The highest BCUT2D eigenvalue weighted by molar-refractivity contribution is 6.31. The number of hydrazone groups is 1. The first-order chi connectivity index (χ1) is 14.2. The zero-order valence-corrected chi connectivity index (χ0v) is 17.8. The monoisotopic (exact) mass is 428 g/mol. The van der Waals surface area contributed by atoms with Crippen LogP contribution in [-0.2, 0) is 18.4 Å². The number of Topliss-reactive ketones (excluding diaryl/α,β-unsaturated/α-hetero) is 1. The Balaban J connectivity index is 2.00. The van der Waals surface area contributed by atoms with E-state index in [1.165, 1.54) is 16.5 Å². The van der Waals surface area contributed by atoms with Crippen LogP contribution in [0.15, 0.2) is 39.0 Å². The van der Waals surface area contributed by atoms with Gasteiger partial charge in [-0.2, -0.15) is 10.1 Å². The van der Waals surface area contributed by atoms with Gasteiger partial charge in [0.25, 0.3) is 5.56 Å². The number of rotatable bonds is 4. The molecule has 0 saturated heterocycles. The number of carbonyl (C=O) groups excluding carboxylic acids is 1. The third kappa shape index (κ3) is 3.06. The van der Waals surface area contributed by atoms with Gasteiger partial charge in [-0.3, -0.25) is 23.3 Å². The molecule has 0 amide bonds. The molecule has 4 rings (SSSR count). The SMILES string of the molecule is CC(=O)CN1N=C(C)[C@H](C)n2c1nc1c2c(=O)n(Cc2ccccc2Cl)c(=O)n1C. The molecule has 0 N–H and O–H groups in total. The van der Waals surface area contributed by atoms with Crippen LogP contribution in [0.25, 0.3) is 11.2 Å².